The van der Waals surface area contributed by atoms with Crippen LogP contribution in [0.25, 0.3) is 10.6 Å². The Kier molecular flexibility index (Phi) is 4.61. The van der Waals surface area contributed by atoms with Crippen molar-refractivity contribution in [2.45, 2.75) is 33.2 Å². The molecule has 2 aromatic rings. The lowest BCUT2D eigenvalue weighted by molar-refractivity contribution is 0.531. The second-order valence-electron chi connectivity index (χ2n) is 4.42. The molecule has 1 heterocycles. The van der Waals surface area contributed by atoms with E-state index >= 15 is 0 Å². The van der Waals surface area contributed by atoms with Gasteiger partial charge in [-0.15, -0.1) is 10.2 Å². The zero-order valence-electron chi connectivity index (χ0n) is 11.4. The molecule has 0 aliphatic carbocycles. The topological polar surface area (TPSA) is 37.8 Å². The molecule has 0 radical (unpaired) electrons. The molecule has 0 saturated carbocycles. The molecule has 102 valence electrons. The highest BCUT2D eigenvalue weighted by Gasteiger charge is 2.15. The van der Waals surface area contributed by atoms with Gasteiger partial charge in [0.25, 0.3) is 0 Å². The van der Waals surface area contributed by atoms with Crippen molar-refractivity contribution in [3.8, 4) is 10.6 Å². The molecule has 1 unspecified atom stereocenters. The Labute approximate surface area is 116 Å². The summed E-state index contributed by atoms with van der Waals surface area (Å²) in [5, 5.41) is 13.7. The molecule has 0 spiro atoms. The van der Waals surface area contributed by atoms with Crippen molar-refractivity contribution in [1.82, 2.24) is 15.5 Å². The fraction of sp³-hybridized carbons (Fsp3) is 0.429. The zero-order valence-corrected chi connectivity index (χ0v) is 12.2. The number of aryl methyl sites for hydroxylation is 1. The van der Waals surface area contributed by atoms with Crippen LogP contribution in [-0.4, -0.2) is 16.7 Å². The maximum absolute atomic E-state index is 13.1. The van der Waals surface area contributed by atoms with Gasteiger partial charge in [-0.1, -0.05) is 25.2 Å². The standard InChI is InChI=1S/C14H18FN3S/c1-4-12(16-5-2)14-18-17-13(19-14)11-7-6-10(15)8-9(11)3/h6-8,12,16H,4-5H2,1-3H3. The van der Waals surface area contributed by atoms with Crippen molar-refractivity contribution in [2.75, 3.05) is 6.54 Å². The lowest BCUT2D eigenvalue weighted by Gasteiger charge is -2.11. The summed E-state index contributed by atoms with van der Waals surface area (Å²) in [6, 6.07) is 5.00. The summed E-state index contributed by atoms with van der Waals surface area (Å²) in [5.41, 5.74) is 1.84. The molecular weight excluding hydrogens is 261 g/mol. The Morgan fingerprint density at radius 3 is 2.74 bits per heavy atom. The second kappa shape index (κ2) is 6.21. The van der Waals surface area contributed by atoms with Gasteiger partial charge in [0.15, 0.2) is 0 Å². The smallest absolute Gasteiger partial charge is 0.148 e. The monoisotopic (exact) mass is 279 g/mol. The highest BCUT2D eigenvalue weighted by atomic mass is 32.1. The summed E-state index contributed by atoms with van der Waals surface area (Å²) in [7, 11) is 0. The van der Waals surface area contributed by atoms with Crippen molar-refractivity contribution in [2.24, 2.45) is 0 Å². The second-order valence-corrected chi connectivity index (χ2v) is 5.43. The van der Waals surface area contributed by atoms with Gasteiger partial charge < -0.3 is 5.32 Å². The van der Waals surface area contributed by atoms with Gasteiger partial charge in [0, 0.05) is 5.56 Å². The van der Waals surface area contributed by atoms with Gasteiger partial charge >= 0.3 is 0 Å². The van der Waals surface area contributed by atoms with Crippen LogP contribution >= 0.6 is 11.3 Å². The first-order valence-electron chi connectivity index (χ1n) is 6.49. The molecule has 0 aliphatic heterocycles. The molecule has 1 aromatic carbocycles. The number of nitrogens with zero attached hydrogens (tertiary/aromatic N) is 2. The van der Waals surface area contributed by atoms with E-state index in [4.69, 9.17) is 0 Å². The minimum absolute atomic E-state index is 0.218. The van der Waals surface area contributed by atoms with Gasteiger partial charge in [0.1, 0.15) is 15.8 Å². The van der Waals surface area contributed by atoms with Gasteiger partial charge in [-0.3, -0.25) is 0 Å². The molecular formula is C14H18FN3S. The Morgan fingerprint density at radius 1 is 1.32 bits per heavy atom. The van der Waals surface area contributed by atoms with Crippen LogP contribution in [0.15, 0.2) is 18.2 Å². The average Bonchev–Trinajstić information content (AvgIpc) is 2.85. The van der Waals surface area contributed by atoms with Gasteiger partial charge in [-0.05, 0) is 43.7 Å². The quantitative estimate of drug-likeness (QED) is 0.906. The molecule has 1 atom stereocenters. The Hall–Kier alpha value is -1.33. The molecule has 19 heavy (non-hydrogen) atoms. The first kappa shape index (κ1) is 14.1. The Bertz CT molecular complexity index is 553. The maximum Gasteiger partial charge on any atom is 0.148 e. The summed E-state index contributed by atoms with van der Waals surface area (Å²) in [6.45, 7) is 7.00. The predicted molar refractivity (Wildman–Crippen MR) is 76.7 cm³/mol. The third-order valence-electron chi connectivity index (χ3n) is 3.02. The van der Waals surface area contributed by atoms with E-state index in [2.05, 4.69) is 29.4 Å². The van der Waals surface area contributed by atoms with Crippen molar-refractivity contribution in [3.05, 3.63) is 34.6 Å². The van der Waals surface area contributed by atoms with E-state index in [0.29, 0.717) is 0 Å². The van der Waals surface area contributed by atoms with E-state index in [0.717, 1.165) is 34.1 Å². The van der Waals surface area contributed by atoms with E-state index < -0.39 is 0 Å². The molecule has 2 rings (SSSR count). The SMILES string of the molecule is CCNC(CC)c1nnc(-c2ccc(F)cc2C)s1. The van der Waals surface area contributed by atoms with Crippen LogP contribution in [0.3, 0.4) is 0 Å². The van der Waals surface area contributed by atoms with Crippen molar-refractivity contribution < 1.29 is 4.39 Å². The van der Waals surface area contributed by atoms with Crippen LogP contribution in [0.1, 0.15) is 36.9 Å². The fourth-order valence-corrected chi connectivity index (χ4v) is 3.10. The van der Waals surface area contributed by atoms with Gasteiger partial charge in [-0.2, -0.15) is 0 Å². The minimum atomic E-state index is -0.218. The highest BCUT2D eigenvalue weighted by Crippen LogP contribution is 2.30. The molecule has 3 nitrogen and oxygen atoms in total. The number of halogens is 1. The Balaban J connectivity index is 2.29. The molecule has 0 saturated heterocycles. The number of hydrogen-bond acceptors (Lipinski definition) is 4. The third kappa shape index (κ3) is 3.16. The van der Waals surface area contributed by atoms with E-state index in [1.165, 1.54) is 12.1 Å². The largest absolute Gasteiger partial charge is 0.308 e. The molecule has 0 amide bonds. The van der Waals surface area contributed by atoms with Crippen molar-refractivity contribution in [1.29, 1.82) is 0 Å². The average molecular weight is 279 g/mol. The first-order valence-corrected chi connectivity index (χ1v) is 7.30. The van der Waals surface area contributed by atoms with E-state index in [1.807, 2.05) is 6.92 Å². The van der Waals surface area contributed by atoms with Crippen LogP contribution in [0, 0.1) is 12.7 Å². The first-order chi connectivity index (χ1) is 9.15. The van der Waals surface area contributed by atoms with Gasteiger partial charge in [0.05, 0.1) is 6.04 Å². The van der Waals surface area contributed by atoms with Crippen molar-refractivity contribution >= 4 is 11.3 Å². The number of aromatic nitrogens is 2. The van der Waals surface area contributed by atoms with Gasteiger partial charge in [0.2, 0.25) is 0 Å². The van der Waals surface area contributed by atoms with Crippen LogP contribution in [0.2, 0.25) is 0 Å². The van der Waals surface area contributed by atoms with Crippen LogP contribution in [0.5, 0.6) is 0 Å². The number of rotatable bonds is 5. The number of benzene rings is 1. The predicted octanol–water partition coefficient (Wildman–Crippen LogP) is 3.71. The number of nitrogens with one attached hydrogen (secondary N) is 1. The molecule has 5 heteroatoms. The zero-order chi connectivity index (χ0) is 13.8. The lowest BCUT2D eigenvalue weighted by atomic mass is 10.1. The van der Waals surface area contributed by atoms with Crippen LogP contribution in [-0.2, 0) is 0 Å². The summed E-state index contributed by atoms with van der Waals surface area (Å²) in [6.07, 6.45) is 0.977. The lowest BCUT2D eigenvalue weighted by Crippen LogP contribution is -2.19. The normalized spacial score (nSPS) is 12.6. The number of hydrogen-bond donors (Lipinski definition) is 1. The molecule has 0 aliphatic rings. The summed E-state index contributed by atoms with van der Waals surface area (Å²) < 4.78 is 13.1. The van der Waals surface area contributed by atoms with Gasteiger partial charge in [-0.25, -0.2) is 4.39 Å². The molecule has 1 aromatic heterocycles. The van der Waals surface area contributed by atoms with E-state index in [-0.39, 0.29) is 11.9 Å². The summed E-state index contributed by atoms with van der Waals surface area (Å²) in [4.78, 5) is 0. The summed E-state index contributed by atoms with van der Waals surface area (Å²) >= 11 is 1.57. The van der Waals surface area contributed by atoms with Crippen LogP contribution < -0.4 is 5.32 Å². The van der Waals surface area contributed by atoms with E-state index in [1.54, 1.807) is 17.4 Å². The minimum Gasteiger partial charge on any atom is -0.308 e. The Morgan fingerprint density at radius 2 is 2.11 bits per heavy atom. The third-order valence-corrected chi connectivity index (χ3v) is 4.09. The van der Waals surface area contributed by atoms with Crippen LogP contribution in [0.4, 0.5) is 4.39 Å². The maximum atomic E-state index is 13.1. The summed E-state index contributed by atoms with van der Waals surface area (Å²) in [5.74, 6) is -0.218. The van der Waals surface area contributed by atoms with E-state index in [9.17, 15) is 4.39 Å². The fourth-order valence-electron chi connectivity index (χ4n) is 2.00. The van der Waals surface area contributed by atoms with Crippen molar-refractivity contribution in [3.63, 3.8) is 0 Å². The highest BCUT2D eigenvalue weighted by molar-refractivity contribution is 7.14. The molecule has 0 bridgehead atoms. The molecule has 0 fully saturated rings. The molecule has 1 N–H and O–H groups in total.